The molecule has 1 aromatic carbocycles. The van der Waals surface area contributed by atoms with Crippen LogP contribution in [0.4, 0.5) is 4.79 Å². The Labute approximate surface area is 174 Å². The van der Waals surface area contributed by atoms with E-state index in [2.05, 4.69) is 43.1 Å². The van der Waals surface area contributed by atoms with Crippen LogP contribution in [-0.4, -0.2) is 54.2 Å². The molecule has 29 heavy (non-hydrogen) atoms. The number of carbonyl (C=O) groups excluding carboxylic acids is 1. The van der Waals surface area contributed by atoms with Gasteiger partial charge in [-0.3, -0.25) is 0 Å². The molecule has 0 aromatic heterocycles. The fourth-order valence-electron chi connectivity index (χ4n) is 5.53. The predicted molar refractivity (Wildman–Crippen MR) is 114 cm³/mol. The molecule has 2 bridgehead atoms. The van der Waals surface area contributed by atoms with Crippen molar-refractivity contribution < 1.29 is 9.53 Å². The molecule has 4 aliphatic heterocycles. The van der Waals surface area contributed by atoms with E-state index in [0.717, 1.165) is 52.0 Å². The van der Waals surface area contributed by atoms with Gasteiger partial charge in [0.15, 0.2) is 0 Å². The zero-order chi connectivity index (χ0) is 20.2. The Kier molecular flexibility index (Phi) is 4.86. The van der Waals surface area contributed by atoms with Gasteiger partial charge in [-0.1, -0.05) is 32.9 Å². The number of amides is 2. The number of nitrogens with one attached hydrogen (secondary N) is 1. The Hall–Kier alpha value is -1.59. The van der Waals surface area contributed by atoms with Crippen molar-refractivity contribution in [3.63, 3.8) is 0 Å². The van der Waals surface area contributed by atoms with Crippen molar-refractivity contribution in [3.05, 3.63) is 34.4 Å². The molecule has 2 amide bonds. The highest BCUT2D eigenvalue weighted by Crippen LogP contribution is 2.36. The number of rotatable bonds is 1. The van der Waals surface area contributed by atoms with E-state index in [4.69, 9.17) is 4.74 Å². The minimum Gasteiger partial charge on any atom is -0.371 e. The second-order valence-corrected chi connectivity index (χ2v) is 10.4. The van der Waals surface area contributed by atoms with Gasteiger partial charge >= 0.3 is 6.03 Å². The van der Waals surface area contributed by atoms with Crippen molar-refractivity contribution in [2.45, 2.75) is 83.1 Å². The summed E-state index contributed by atoms with van der Waals surface area (Å²) in [7, 11) is 0. The first-order valence-electron chi connectivity index (χ1n) is 11.5. The normalized spacial score (nSPS) is 29.3. The van der Waals surface area contributed by atoms with Gasteiger partial charge in [-0.05, 0) is 66.3 Å². The zero-order valence-electron chi connectivity index (χ0n) is 18.2. The first kappa shape index (κ1) is 19.4. The molecule has 158 valence electrons. The second kappa shape index (κ2) is 7.28. The summed E-state index contributed by atoms with van der Waals surface area (Å²) in [5.41, 5.74) is 5.84. The van der Waals surface area contributed by atoms with Crippen LogP contribution in [0.25, 0.3) is 0 Å². The van der Waals surface area contributed by atoms with Gasteiger partial charge in [0.1, 0.15) is 0 Å². The average Bonchev–Trinajstić information content (AvgIpc) is 3.35. The van der Waals surface area contributed by atoms with Crippen LogP contribution in [0.1, 0.15) is 74.8 Å². The van der Waals surface area contributed by atoms with Gasteiger partial charge in [0.05, 0.1) is 12.2 Å². The number of nitrogens with zero attached hydrogens (tertiary/aromatic N) is 2. The zero-order valence-corrected chi connectivity index (χ0v) is 18.2. The number of benzene rings is 1. The van der Waals surface area contributed by atoms with Crippen LogP contribution in [0, 0.1) is 0 Å². The summed E-state index contributed by atoms with van der Waals surface area (Å²) >= 11 is 0. The van der Waals surface area contributed by atoms with E-state index in [1.807, 2.05) is 4.90 Å². The molecule has 5 rings (SSSR count). The van der Waals surface area contributed by atoms with Crippen LogP contribution in [0.3, 0.4) is 0 Å². The van der Waals surface area contributed by atoms with Crippen molar-refractivity contribution in [1.29, 1.82) is 0 Å². The number of carbonyl (C=O) groups is 1. The monoisotopic (exact) mass is 397 g/mol. The number of hydrogen-bond donors (Lipinski definition) is 1. The molecule has 4 heterocycles. The minimum absolute atomic E-state index is 0.141. The maximum absolute atomic E-state index is 13.3. The van der Waals surface area contributed by atoms with Gasteiger partial charge in [0.25, 0.3) is 0 Å². The molecule has 0 saturated carbocycles. The summed E-state index contributed by atoms with van der Waals surface area (Å²) in [6, 6.07) is 5.47. The first-order valence-corrected chi connectivity index (χ1v) is 11.5. The lowest BCUT2D eigenvalue weighted by Crippen LogP contribution is -2.52. The number of likely N-dealkylation sites (tertiary alicyclic amines) is 1. The third kappa shape index (κ3) is 3.68. The van der Waals surface area contributed by atoms with Crippen molar-refractivity contribution in [2.24, 2.45) is 0 Å². The summed E-state index contributed by atoms with van der Waals surface area (Å²) < 4.78 is 5.93. The highest BCUT2D eigenvalue weighted by Gasteiger charge is 2.38. The van der Waals surface area contributed by atoms with Crippen molar-refractivity contribution in [3.8, 4) is 0 Å². The third-order valence-electron chi connectivity index (χ3n) is 7.26. The fourth-order valence-corrected chi connectivity index (χ4v) is 5.53. The summed E-state index contributed by atoms with van der Waals surface area (Å²) in [4.78, 5) is 17.5. The van der Waals surface area contributed by atoms with Crippen molar-refractivity contribution in [2.75, 3.05) is 26.2 Å². The SMILES string of the molecule is CC(C)(C)c1cc2c(c([C@@H]3CCCN3)c1)CN(C(=O)N1CC3CCC(C1)O3)CC2. The summed E-state index contributed by atoms with van der Waals surface area (Å²) in [6.07, 6.45) is 6.10. The lowest BCUT2D eigenvalue weighted by molar-refractivity contribution is -0.0291. The smallest absolute Gasteiger partial charge is 0.320 e. The number of hydrogen-bond acceptors (Lipinski definition) is 3. The van der Waals surface area contributed by atoms with Crippen LogP contribution >= 0.6 is 0 Å². The topological polar surface area (TPSA) is 44.8 Å². The van der Waals surface area contributed by atoms with Crippen molar-refractivity contribution in [1.82, 2.24) is 15.1 Å². The van der Waals surface area contributed by atoms with Crippen LogP contribution in [0.2, 0.25) is 0 Å². The van der Waals surface area contributed by atoms with Crippen LogP contribution < -0.4 is 5.32 Å². The molecular weight excluding hydrogens is 362 g/mol. The summed E-state index contributed by atoms with van der Waals surface area (Å²) in [5, 5.41) is 3.70. The van der Waals surface area contributed by atoms with Crippen LogP contribution in [0.15, 0.2) is 12.1 Å². The second-order valence-electron chi connectivity index (χ2n) is 10.4. The number of ether oxygens (including phenoxy) is 1. The number of morpholine rings is 1. The quantitative estimate of drug-likeness (QED) is 0.785. The molecule has 0 aliphatic carbocycles. The standard InChI is InChI=1S/C24H35N3O2/c1-24(2,3)17-11-16-8-10-26(15-21(16)20(12-17)22-5-4-9-25-22)23(28)27-13-18-6-7-19(14-27)29-18/h11-12,18-19,22,25H,4-10,13-15H2,1-3H3/t18?,19?,22-/m0/s1. The van der Waals surface area contributed by atoms with E-state index >= 15 is 0 Å². The Morgan fingerprint density at radius 3 is 2.52 bits per heavy atom. The summed E-state index contributed by atoms with van der Waals surface area (Å²) in [6.45, 7) is 11.1. The average molecular weight is 398 g/mol. The maximum Gasteiger partial charge on any atom is 0.320 e. The lowest BCUT2D eigenvalue weighted by atomic mass is 9.80. The van der Waals surface area contributed by atoms with E-state index in [0.29, 0.717) is 6.04 Å². The van der Waals surface area contributed by atoms with Gasteiger partial charge in [-0.15, -0.1) is 0 Å². The van der Waals surface area contributed by atoms with Gasteiger partial charge in [0, 0.05) is 32.2 Å². The molecule has 0 spiro atoms. The van der Waals surface area contributed by atoms with E-state index < -0.39 is 0 Å². The van der Waals surface area contributed by atoms with E-state index in [1.165, 1.54) is 35.1 Å². The van der Waals surface area contributed by atoms with Crippen LogP contribution in [-0.2, 0) is 23.1 Å². The largest absolute Gasteiger partial charge is 0.371 e. The molecule has 5 heteroatoms. The van der Waals surface area contributed by atoms with Crippen molar-refractivity contribution >= 4 is 6.03 Å². The molecular formula is C24H35N3O2. The Morgan fingerprint density at radius 1 is 1.10 bits per heavy atom. The van der Waals surface area contributed by atoms with Gasteiger partial charge < -0.3 is 19.9 Å². The third-order valence-corrected chi connectivity index (χ3v) is 7.26. The molecule has 1 N–H and O–H groups in total. The van der Waals surface area contributed by atoms with Gasteiger partial charge in [-0.2, -0.15) is 0 Å². The first-order chi connectivity index (χ1) is 13.9. The highest BCUT2D eigenvalue weighted by molar-refractivity contribution is 5.75. The van der Waals surface area contributed by atoms with E-state index in [-0.39, 0.29) is 23.7 Å². The fraction of sp³-hybridized carbons (Fsp3) is 0.708. The Morgan fingerprint density at radius 2 is 1.86 bits per heavy atom. The molecule has 1 aromatic rings. The molecule has 3 atom stereocenters. The Bertz CT molecular complexity index is 782. The van der Waals surface area contributed by atoms with Crippen LogP contribution in [0.5, 0.6) is 0 Å². The molecule has 0 radical (unpaired) electrons. The number of urea groups is 1. The molecule has 3 saturated heterocycles. The highest BCUT2D eigenvalue weighted by atomic mass is 16.5. The lowest BCUT2D eigenvalue weighted by Gasteiger charge is -2.39. The molecule has 2 unspecified atom stereocenters. The Balaban J connectivity index is 1.42. The predicted octanol–water partition coefficient (Wildman–Crippen LogP) is 3.75. The van der Waals surface area contributed by atoms with Gasteiger partial charge in [-0.25, -0.2) is 4.79 Å². The molecule has 4 aliphatic rings. The molecule has 3 fully saturated rings. The van der Waals surface area contributed by atoms with E-state index in [1.54, 1.807) is 0 Å². The van der Waals surface area contributed by atoms with Gasteiger partial charge in [0.2, 0.25) is 0 Å². The summed E-state index contributed by atoms with van der Waals surface area (Å²) in [5.74, 6) is 0. The number of fused-ring (bicyclic) bond motifs is 3. The van der Waals surface area contributed by atoms with E-state index in [9.17, 15) is 4.79 Å². The maximum atomic E-state index is 13.3. The minimum atomic E-state index is 0.141. The molecule has 5 nitrogen and oxygen atoms in total.